The fraction of sp³-hybridized carbons (Fsp3) is 0.471. The van der Waals surface area contributed by atoms with Gasteiger partial charge >= 0.3 is 0 Å². The topological polar surface area (TPSA) is 71.1 Å². The molecule has 132 valence electrons. The molecule has 7 heteroatoms. The highest BCUT2D eigenvalue weighted by atomic mass is 33.1. The standard InChI is InChI=1S/C17H25N3O2S2/c1-14(2)17(22)20-11-6-3-4-8-15(21)18-12-13-23-24-16-9-5-7-10-19-16/h5,7,9-10H,1,3-4,6,8,11-13H2,2H3,(H,18,21)(H,20,22). The number of hydrogen-bond donors (Lipinski definition) is 2. The maximum Gasteiger partial charge on any atom is 0.246 e. The van der Waals surface area contributed by atoms with Gasteiger partial charge in [-0.2, -0.15) is 0 Å². The Balaban J connectivity index is 1.91. The number of nitrogens with one attached hydrogen (secondary N) is 2. The average molecular weight is 368 g/mol. The second-order valence-electron chi connectivity index (χ2n) is 5.27. The molecule has 0 aromatic carbocycles. The molecule has 0 unspecified atom stereocenters. The van der Waals surface area contributed by atoms with Crippen LogP contribution in [0.2, 0.25) is 0 Å². The van der Waals surface area contributed by atoms with Gasteiger partial charge in [0.25, 0.3) is 0 Å². The number of amides is 2. The van der Waals surface area contributed by atoms with Gasteiger partial charge in [-0.25, -0.2) is 4.98 Å². The van der Waals surface area contributed by atoms with Gasteiger partial charge in [0.1, 0.15) is 5.03 Å². The molecule has 1 aromatic rings. The molecule has 0 radical (unpaired) electrons. The van der Waals surface area contributed by atoms with Crippen molar-refractivity contribution in [3.8, 4) is 0 Å². The van der Waals surface area contributed by atoms with E-state index in [2.05, 4.69) is 22.2 Å². The molecule has 1 rings (SSSR count). The first kappa shape index (κ1) is 20.6. The molecule has 5 nitrogen and oxygen atoms in total. The smallest absolute Gasteiger partial charge is 0.246 e. The third kappa shape index (κ3) is 10.3. The van der Waals surface area contributed by atoms with Gasteiger partial charge in [-0.05, 0) is 42.7 Å². The van der Waals surface area contributed by atoms with E-state index in [1.54, 1.807) is 34.7 Å². The number of aromatic nitrogens is 1. The summed E-state index contributed by atoms with van der Waals surface area (Å²) in [6.45, 7) is 6.57. The molecule has 1 heterocycles. The predicted octanol–water partition coefficient (Wildman–Crippen LogP) is 3.19. The summed E-state index contributed by atoms with van der Waals surface area (Å²) < 4.78 is 0. The van der Waals surface area contributed by atoms with Gasteiger partial charge < -0.3 is 10.6 Å². The van der Waals surface area contributed by atoms with Crippen LogP contribution in [-0.2, 0) is 9.59 Å². The van der Waals surface area contributed by atoms with Crippen molar-refractivity contribution in [2.24, 2.45) is 0 Å². The van der Waals surface area contributed by atoms with E-state index in [1.165, 1.54) is 0 Å². The van der Waals surface area contributed by atoms with Crippen molar-refractivity contribution in [1.82, 2.24) is 15.6 Å². The van der Waals surface area contributed by atoms with Gasteiger partial charge in [0.05, 0.1) is 0 Å². The van der Waals surface area contributed by atoms with Gasteiger partial charge in [-0.3, -0.25) is 9.59 Å². The number of nitrogens with zero attached hydrogens (tertiary/aromatic N) is 1. The Kier molecular flexibility index (Phi) is 11.1. The maximum absolute atomic E-state index is 11.7. The summed E-state index contributed by atoms with van der Waals surface area (Å²) in [6, 6.07) is 5.82. The fourth-order valence-electron chi connectivity index (χ4n) is 1.76. The van der Waals surface area contributed by atoms with Crippen LogP contribution in [0, 0.1) is 0 Å². The van der Waals surface area contributed by atoms with E-state index in [0.29, 0.717) is 25.1 Å². The molecule has 2 N–H and O–H groups in total. The van der Waals surface area contributed by atoms with Crippen LogP contribution < -0.4 is 10.6 Å². The lowest BCUT2D eigenvalue weighted by Gasteiger charge is -2.06. The minimum absolute atomic E-state index is 0.0874. The Hall–Kier alpha value is -1.47. The van der Waals surface area contributed by atoms with E-state index in [-0.39, 0.29) is 11.8 Å². The Morgan fingerprint density at radius 3 is 2.71 bits per heavy atom. The van der Waals surface area contributed by atoms with Crippen molar-refractivity contribution in [2.75, 3.05) is 18.8 Å². The Morgan fingerprint density at radius 2 is 2.00 bits per heavy atom. The molecule has 2 amide bonds. The molecule has 0 saturated heterocycles. The number of pyridine rings is 1. The van der Waals surface area contributed by atoms with Crippen LogP contribution in [0.5, 0.6) is 0 Å². The van der Waals surface area contributed by atoms with Gasteiger partial charge in [0.15, 0.2) is 0 Å². The molecular formula is C17H25N3O2S2. The third-order valence-corrected chi connectivity index (χ3v) is 5.31. The zero-order chi connectivity index (χ0) is 17.6. The number of rotatable bonds is 12. The van der Waals surface area contributed by atoms with E-state index in [1.807, 2.05) is 18.2 Å². The Labute approximate surface area is 151 Å². The van der Waals surface area contributed by atoms with Crippen molar-refractivity contribution in [3.63, 3.8) is 0 Å². The maximum atomic E-state index is 11.7. The average Bonchev–Trinajstić information content (AvgIpc) is 2.58. The minimum Gasteiger partial charge on any atom is -0.355 e. The first-order valence-corrected chi connectivity index (χ1v) is 10.3. The summed E-state index contributed by atoms with van der Waals surface area (Å²) in [5, 5.41) is 6.68. The summed E-state index contributed by atoms with van der Waals surface area (Å²) in [4.78, 5) is 27.2. The number of unbranched alkanes of at least 4 members (excludes halogenated alkanes) is 2. The molecule has 0 atom stereocenters. The van der Waals surface area contributed by atoms with E-state index < -0.39 is 0 Å². The van der Waals surface area contributed by atoms with Crippen LogP contribution in [0.4, 0.5) is 0 Å². The van der Waals surface area contributed by atoms with Crippen LogP contribution >= 0.6 is 21.6 Å². The summed E-state index contributed by atoms with van der Waals surface area (Å²) in [5.74, 6) is 0.832. The SMILES string of the molecule is C=C(C)C(=O)NCCCCCC(=O)NCCSSc1ccccn1. The molecule has 0 bridgehead atoms. The lowest BCUT2D eigenvalue weighted by atomic mass is 10.2. The molecule has 24 heavy (non-hydrogen) atoms. The molecule has 1 aromatic heterocycles. The number of carbonyl (C=O) groups excluding carboxylic acids is 2. The Bertz CT molecular complexity index is 524. The zero-order valence-electron chi connectivity index (χ0n) is 14.0. The molecule has 0 fully saturated rings. The van der Waals surface area contributed by atoms with Gasteiger partial charge in [0, 0.05) is 37.0 Å². The molecule has 0 aliphatic carbocycles. The van der Waals surface area contributed by atoms with Gasteiger partial charge in [0.2, 0.25) is 11.8 Å². The predicted molar refractivity (Wildman–Crippen MR) is 102 cm³/mol. The van der Waals surface area contributed by atoms with Crippen LogP contribution in [-0.4, -0.2) is 35.6 Å². The van der Waals surface area contributed by atoms with Crippen molar-refractivity contribution in [1.29, 1.82) is 0 Å². The summed E-state index contributed by atoms with van der Waals surface area (Å²) >= 11 is 0. The van der Waals surface area contributed by atoms with Crippen molar-refractivity contribution >= 4 is 33.4 Å². The van der Waals surface area contributed by atoms with Crippen LogP contribution in [0.25, 0.3) is 0 Å². The summed E-state index contributed by atoms with van der Waals surface area (Å²) in [6.07, 6.45) is 4.95. The second-order valence-corrected chi connectivity index (χ2v) is 7.71. The Morgan fingerprint density at radius 1 is 1.17 bits per heavy atom. The quantitative estimate of drug-likeness (QED) is 0.337. The molecule has 0 spiro atoms. The van der Waals surface area contributed by atoms with Gasteiger partial charge in [-0.1, -0.05) is 29.9 Å². The van der Waals surface area contributed by atoms with Crippen molar-refractivity contribution < 1.29 is 9.59 Å². The lowest BCUT2D eigenvalue weighted by molar-refractivity contribution is -0.121. The normalized spacial score (nSPS) is 10.2. The number of hydrogen-bond acceptors (Lipinski definition) is 5. The zero-order valence-corrected chi connectivity index (χ0v) is 15.7. The minimum atomic E-state index is -0.103. The highest BCUT2D eigenvalue weighted by Gasteiger charge is 2.02. The second kappa shape index (κ2) is 12.9. The van der Waals surface area contributed by atoms with Crippen molar-refractivity contribution in [2.45, 2.75) is 37.6 Å². The van der Waals surface area contributed by atoms with Crippen LogP contribution in [0.3, 0.4) is 0 Å². The summed E-state index contributed by atoms with van der Waals surface area (Å²) in [7, 11) is 3.30. The van der Waals surface area contributed by atoms with E-state index >= 15 is 0 Å². The molecule has 0 aliphatic rings. The monoisotopic (exact) mass is 367 g/mol. The molecular weight excluding hydrogens is 342 g/mol. The van der Waals surface area contributed by atoms with Crippen LogP contribution in [0.15, 0.2) is 41.6 Å². The van der Waals surface area contributed by atoms with E-state index in [4.69, 9.17) is 0 Å². The third-order valence-electron chi connectivity index (χ3n) is 3.04. The van der Waals surface area contributed by atoms with Gasteiger partial charge in [-0.15, -0.1) is 0 Å². The lowest BCUT2D eigenvalue weighted by Crippen LogP contribution is -2.26. The highest BCUT2D eigenvalue weighted by Crippen LogP contribution is 2.28. The fourth-order valence-corrected chi connectivity index (χ4v) is 3.54. The first-order valence-electron chi connectivity index (χ1n) is 8.00. The molecule has 0 aliphatic heterocycles. The summed E-state index contributed by atoms with van der Waals surface area (Å²) in [5.41, 5.74) is 0.522. The highest BCUT2D eigenvalue weighted by molar-refractivity contribution is 8.76. The largest absolute Gasteiger partial charge is 0.355 e. The van der Waals surface area contributed by atoms with Crippen molar-refractivity contribution in [3.05, 3.63) is 36.5 Å². The van der Waals surface area contributed by atoms with Crippen LogP contribution in [0.1, 0.15) is 32.6 Å². The first-order chi connectivity index (χ1) is 11.6. The number of carbonyl (C=O) groups is 2. The molecule has 0 saturated carbocycles. The van der Waals surface area contributed by atoms with E-state index in [9.17, 15) is 9.59 Å². The van der Waals surface area contributed by atoms with E-state index in [0.717, 1.165) is 30.0 Å².